The summed E-state index contributed by atoms with van der Waals surface area (Å²) in [4.78, 5) is 25.6. The lowest BCUT2D eigenvalue weighted by atomic mass is 10.1. The summed E-state index contributed by atoms with van der Waals surface area (Å²) >= 11 is 7.80. The van der Waals surface area contributed by atoms with Crippen LogP contribution in [0.15, 0.2) is 18.2 Å². The van der Waals surface area contributed by atoms with Crippen molar-refractivity contribution < 1.29 is 9.59 Å². The molecule has 1 fully saturated rings. The molecule has 5 nitrogen and oxygen atoms in total. The molecule has 0 bridgehead atoms. The summed E-state index contributed by atoms with van der Waals surface area (Å²) < 4.78 is 0. The van der Waals surface area contributed by atoms with Gasteiger partial charge in [-0.25, -0.2) is 0 Å². The van der Waals surface area contributed by atoms with E-state index in [-0.39, 0.29) is 17.9 Å². The van der Waals surface area contributed by atoms with Crippen molar-refractivity contribution in [2.45, 2.75) is 6.04 Å². The van der Waals surface area contributed by atoms with E-state index in [1.165, 1.54) is 4.90 Å². The standard InChI is InChI=1S/C14H18ClN3O2S/c1-18(2)14(20)10-7-9(3-4-11(10)15)17-13(19)12-8-21-6-5-16-12/h3-4,7,12,16H,5-6,8H2,1-2H3,(H,17,19). The second-order valence-corrected chi connectivity index (χ2v) is 6.52. The highest BCUT2D eigenvalue weighted by Gasteiger charge is 2.21. The summed E-state index contributed by atoms with van der Waals surface area (Å²) in [6.07, 6.45) is 0. The third kappa shape index (κ3) is 4.12. The average Bonchev–Trinajstić information content (AvgIpc) is 2.49. The van der Waals surface area contributed by atoms with E-state index in [0.717, 1.165) is 18.1 Å². The zero-order chi connectivity index (χ0) is 15.4. The van der Waals surface area contributed by atoms with E-state index in [4.69, 9.17) is 11.6 Å². The SMILES string of the molecule is CN(C)C(=O)c1cc(NC(=O)C2CSCCN2)ccc1Cl. The fourth-order valence-corrected chi connectivity index (χ4v) is 3.10. The lowest BCUT2D eigenvalue weighted by molar-refractivity contribution is -0.117. The Balaban J connectivity index is 2.11. The maximum atomic E-state index is 12.2. The Morgan fingerprint density at radius 1 is 1.43 bits per heavy atom. The van der Waals surface area contributed by atoms with Gasteiger partial charge >= 0.3 is 0 Å². The second kappa shape index (κ2) is 7.15. The van der Waals surface area contributed by atoms with Crippen LogP contribution in [0.25, 0.3) is 0 Å². The van der Waals surface area contributed by atoms with E-state index in [1.807, 2.05) is 0 Å². The Morgan fingerprint density at radius 2 is 2.19 bits per heavy atom. The van der Waals surface area contributed by atoms with Gasteiger partial charge in [0.1, 0.15) is 0 Å². The van der Waals surface area contributed by atoms with Gasteiger partial charge in [-0.15, -0.1) is 0 Å². The molecule has 1 saturated heterocycles. The normalized spacial score (nSPS) is 18.1. The summed E-state index contributed by atoms with van der Waals surface area (Å²) in [5.41, 5.74) is 0.956. The first kappa shape index (κ1) is 16.1. The topological polar surface area (TPSA) is 61.4 Å². The van der Waals surface area contributed by atoms with E-state index in [9.17, 15) is 9.59 Å². The van der Waals surface area contributed by atoms with Crippen molar-refractivity contribution in [1.82, 2.24) is 10.2 Å². The number of rotatable bonds is 3. The van der Waals surface area contributed by atoms with E-state index >= 15 is 0 Å². The Hall–Kier alpha value is -1.24. The molecule has 0 spiro atoms. The van der Waals surface area contributed by atoms with Crippen LogP contribution in [0.4, 0.5) is 5.69 Å². The van der Waals surface area contributed by atoms with Gasteiger partial charge in [-0.3, -0.25) is 9.59 Å². The summed E-state index contributed by atoms with van der Waals surface area (Å²) in [5.74, 6) is 1.49. The summed E-state index contributed by atoms with van der Waals surface area (Å²) in [6, 6.07) is 4.73. The lowest BCUT2D eigenvalue weighted by Crippen LogP contribution is -2.46. The van der Waals surface area contributed by atoms with Crippen LogP contribution in [0.3, 0.4) is 0 Å². The first-order valence-corrected chi connectivity index (χ1v) is 8.15. The van der Waals surface area contributed by atoms with Gasteiger partial charge in [-0.1, -0.05) is 11.6 Å². The van der Waals surface area contributed by atoms with Crippen LogP contribution < -0.4 is 10.6 Å². The average molecular weight is 328 g/mol. The summed E-state index contributed by atoms with van der Waals surface area (Å²) in [7, 11) is 3.32. The molecular weight excluding hydrogens is 310 g/mol. The van der Waals surface area contributed by atoms with E-state index in [2.05, 4.69) is 10.6 Å². The molecule has 1 aromatic rings. The number of hydrogen-bond acceptors (Lipinski definition) is 4. The molecule has 21 heavy (non-hydrogen) atoms. The minimum Gasteiger partial charge on any atom is -0.345 e. The second-order valence-electron chi connectivity index (χ2n) is 4.97. The summed E-state index contributed by atoms with van der Waals surface area (Å²) in [5, 5.41) is 6.37. The maximum Gasteiger partial charge on any atom is 0.254 e. The smallest absolute Gasteiger partial charge is 0.254 e. The van der Waals surface area contributed by atoms with Crippen molar-refractivity contribution in [2.75, 3.05) is 37.5 Å². The van der Waals surface area contributed by atoms with Crippen molar-refractivity contribution in [3.8, 4) is 0 Å². The van der Waals surface area contributed by atoms with Crippen LogP contribution in [0.5, 0.6) is 0 Å². The Kier molecular flexibility index (Phi) is 5.50. The highest BCUT2D eigenvalue weighted by molar-refractivity contribution is 7.99. The van der Waals surface area contributed by atoms with Crippen LogP contribution in [0.2, 0.25) is 5.02 Å². The molecule has 2 N–H and O–H groups in total. The van der Waals surface area contributed by atoms with Gasteiger partial charge in [0.2, 0.25) is 5.91 Å². The highest BCUT2D eigenvalue weighted by Crippen LogP contribution is 2.22. The lowest BCUT2D eigenvalue weighted by Gasteiger charge is -2.22. The number of nitrogens with one attached hydrogen (secondary N) is 2. The zero-order valence-corrected chi connectivity index (χ0v) is 13.6. The number of carbonyl (C=O) groups is 2. The predicted molar refractivity (Wildman–Crippen MR) is 87.2 cm³/mol. The number of thioether (sulfide) groups is 1. The number of benzene rings is 1. The number of hydrogen-bond donors (Lipinski definition) is 2. The third-order valence-electron chi connectivity index (χ3n) is 3.11. The van der Waals surface area contributed by atoms with Gasteiger partial charge in [-0.2, -0.15) is 11.8 Å². The minimum absolute atomic E-state index is 0.0900. The van der Waals surface area contributed by atoms with Gasteiger partial charge < -0.3 is 15.5 Å². The largest absolute Gasteiger partial charge is 0.345 e. The predicted octanol–water partition coefficient (Wildman–Crippen LogP) is 1.69. The molecule has 1 aliphatic rings. The number of nitrogens with zero attached hydrogens (tertiary/aromatic N) is 1. The van der Waals surface area contributed by atoms with Crippen LogP contribution in [-0.4, -0.2) is 54.9 Å². The number of amides is 2. The third-order valence-corrected chi connectivity index (χ3v) is 4.50. The van der Waals surface area contributed by atoms with Crippen LogP contribution in [0.1, 0.15) is 10.4 Å². The Morgan fingerprint density at radius 3 is 2.81 bits per heavy atom. The molecule has 1 aliphatic heterocycles. The first-order valence-electron chi connectivity index (χ1n) is 6.62. The van der Waals surface area contributed by atoms with Crippen LogP contribution in [0, 0.1) is 0 Å². The van der Waals surface area contributed by atoms with Gasteiger partial charge in [0, 0.05) is 37.8 Å². The monoisotopic (exact) mass is 327 g/mol. The van der Waals surface area contributed by atoms with E-state index in [1.54, 1.807) is 44.1 Å². The molecule has 1 unspecified atom stereocenters. The van der Waals surface area contributed by atoms with Crippen LogP contribution >= 0.6 is 23.4 Å². The van der Waals surface area contributed by atoms with Crippen molar-refractivity contribution in [2.24, 2.45) is 0 Å². The fourth-order valence-electron chi connectivity index (χ4n) is 1.97. The fraction of sp³-hybridized carbons (Fsp3) is 0.429. The molecular formula is C14H18ClN3O2S. The van der Waals surface area contributed by atoms with Crippen molar-refractivity contribution in [1.29, 1.82) is 0 Å². The first-order chi connectivity index (χ1) is 9.99. The van der Waals surface area contributed by atoms with Gasteiger partial charge in [0.15, 0.2) is 0 Å². The zero-order valence-electron chi connectivity index (χ0n) is 12.0. The Labute approximate surface area is 133 Å². The molecule has 1 atom stereocenters. The van der Waals surface area contributed by atoms with Crippen molar-refractivity contribution in [3.63, 3.8) is 0 Å². The molecule has 2 amide bonds. The Bertz CT molecular complexity index is 545. The maximum absolute atomic E-state index is 12.2. The molecule has 2 rings (SSSR count). The van der Waals surface area contributed by atoms with Crippen LogP contribution in [-0.2, 0) is 4.79 Å². The molecule has 0 radical (unpaired) electrons. The molecule has 0 saturated carbocycles. The van der Waals surface area contributed by atoms with Gasteiger partial charge in [0.25, 0.3) is 5.91 Å². The highest BCUT2D eigenvalue weighted by atomic mass is 35.5. The molecule has 114 valence electrons. The van der Waals surface area contributed by atoms with Gasteiger partial charge in [-0.05, 0) is 18.2 Å². The molecule has 0 aromatic heterocycles. The quantitative estimate of drug-likeness (QED) is 0.887. The summed E-state index contributed by atoms with van der Waals surface area (Å²) in [6.45, 7) is 0.827. The van der Waals surface area contributed by atoms with Crippen molar-refractivity contribution in [3.05, 3.63) is 28.8 Å². The molecule has 1 heterocycles. The molecule has 7 heteroatoms. The number of halogens is 1. The van der Waals surface area contributed by atoms with Gasteiger partial charge in [0.05, 0.1) is 16.6 Å². The van der Waals surface area contributed by atoms with E-state index in [0.29, 0.717) is 16.3 Å². The van der Waals surface area contributed by atoms with Crippen molar-refractivity contribution >= 4 is 40.9 Å². The molecule has 0 aliphatic carbocycles. The van der Waals surface area contributed by atoms with E-state index < -0.39 is 0 Å². The molecule has 1 aromatic carbocycles. The number of anilines is 1. The number of carbonyl (C=O) groups excluding carboxylic acids is 2. The minimum atomic E-state index is -0.201.